The van der Waals surface area contributed by atoms with Crippen LogP contribution < -0.4 is 10.6 Å². The third-order valence-electron chi connectivity index (χ3n) is 4.93. The molecule has 0 bridgehead atoms. The van der Waals surface area contributed by atoms with Crippen molar-refractivity contribution in [1.82, 2.24) is 25.7 Å². The van der Waals surface area contributed by atoms with E-state index in [1.807, 2.05) is 0 Å². The van der Waals surface area contributed by atoms with Gasteiger partial charge in [-0.05, 0) is 44.8 Å². The molecule has 2 aliphatic heterocycles. The Hall–Kier alpha value is -0.400. The zero-order valence-electron chi connectivity index (χ0n) is 14.0. The summed E-state index contributed by atoms with van der Waals surface area (Å²) in [5, 5.41) is 11.1. The maximum Gasteiger partial charge on any atom is 0.226 e. The molecule has 2 saturated heterocycles. The molecule has 2 N–H and O–H groups in total. The minimum absolute atomic E-state index is 0. The van der Waals surface area contributed by atoms with Gasteiger partial charge in [-0.1, -0.05) is 12.1 Å². The highest BCUT2D eigenvalue weighted by atomic mass is 35.5. The van der Waals surface area contributed by atoms with E-state index in [0.717, 1.165) is 56.8 Å². The van der Waals surface area contributed by atoms with E-state index in [9.17, 15) is 0 Å². The summed E-state index contributed by atoms with van der Waals surface area (Å²) < 4.78 is 5.49. The number of nitrogens with one attached hydrogen (secondary N) is 2. The van der Waals surface area contributed by atoms with Gasteiger partial charge in [0, 0.05) is 26.1 Å². The van der Waals surface area contributed by atoms with Gasteiger partial charge in [0.2, 0.25) is 5.89 Å². The summed E-state index contributed by atoms with van der Waals surface area (Å²) in [5.74, 6) is 2.94. The maximum absolute atomic E-state index is 5.49. The fourth-order valence-corrected chi connectivity index (χ4v) is 3.39. The quantitative estimate of drug-likeness (QED) is 0.845. The number of hydrogen-bond acceptors (Lipinski definition) is 6. The van der Waals surface area contributed by atoms with Crippen molar-refractivity contribution in [3.8, 4) is 0 Å². The number of piperidine rings is 1. The summed E-state index contributed by atoms with van der Waals surface area (Å²) in [6.07, 6.45) is 3.48. The molecule has 3 heterocycles. The average Bonchev–Trinajstić information content (AvgIpc) is 2.97. The van der Waals surface area contributed by atoms with E-state index >= 15 is 0 Å². The van der Waals surface area contributed by atoms with Crippen LogP contribution in [0.4, 0.5) is 0 Å². The maximum atomic E-state index is 5.49. The van der Waals surface area contributed by atoms with Crippen LogP contribution >= 0.6 is 24.8 Å². The molecule has 3 rings (SSSR count). The minimum Gasteiger partial charge on any atom is -0.339 e. The third kappa shape index (κ3) is 5.29. The second-order valence-corrected chi connectivity index (χ2v) is 6.53. The van der Waals surface area contributed by atoms with Gasteiger partial charge in [-0.3, -0.25) is 4.90 Å². The number of halogens is 2. The molecule has 2 aliphatic rings. The monoisotopic (exact) mass is 365 g/mol. The predicted octanol–water partition coefficient (Wildman–Crippen LogP) is 1.67. The van der Waals surface area contributed by atoms with Crippen LogP contribution in [0, 0.1) is 11.8 Å². The van der Waals surface area contributed by atoms with Crippen molar-refractivity contribution in [2.75, 3.05) is 39.8 Å². The van der Waals surface area contributed by atoms with Gasteiger partial charge in [0.25, 0.3) is 0 Å². The molecule has 0 saturated carbocycles. The first-order valence-corrected chi connectivity index (χ1v) is 8.18. The number of rotatable bonds is 4. The van der Waals surface area contributed by atoms with Gasteiger partial charge >= 0.3 is 0 Å². The topological polar surface area (TPSA) is 66.2 Å². The summed E-state index contributed by atoms with van der Waals surface area (Å²) >= 11 is 0. The Morgan fingerprint density at radius 2 is 2.04 bits per heavy atom. The Kier molecular flexibility index (Phi) is 8.79. The number of nitrogens with zero attached hydrogens (tertiary/aromatic N) is 3. The molecule has 23 heavy (non-hydrogen) atoms. The highest BCUT2D eigenvalue weighted by Crippen LogP contribution is 2.24. The fraction of sp³-hybridized carbons (Fsp3) is 0.867. The van der Waals surface area contributed by atoms with E-state index < -0.39 is 0 Å². The minimum atomic E-state index is 0. The van der Waals surface area contributed by atoms with Crippen LogP contribution in [0.5, 0.6) is 0 Å². The smallest absolute Gasteiger partial charge is 0.226 e. The van der Waals surface area contributed by atoms with Crippen molar-refractivity contribution in [2.24, 2.45) is 11.8 Å². The second kappa shape index (κ2) is 9.79. The molecule has 0 spiro atoms. The molecule has 134 valence electrons. The molecule has 2 fully saturated rings. The van der Waals surface area contributed by atoms with Gasteiger partial charge in [-0.15, -0.1) is 24.8 Å². The van der Waals surface area contributed by atoms with Crippen LogP contribution in [0.25, 0.3) is 0 Å². The van der Waals surface area contributed by atoms with Crippen molar-refractivity contribution in [2.45, 2.75) is 32.2 Å². The van der Waals surface area contributed by atoms with E-state index in [4.69, 9.17) is 4.52 Å². The SMILES string of the molecule is CC(Cc1nc(C2CNCCN2C)no1)C1CCCNC1.Cl.Cl. The lowest BCUT2D eigenvalue weighted by Gasteiger charge is -2.30. The van der Waals surface area contributed by atoms with E-state index in [-0.39, 0.29) is 30.9 Å². The van der Waals surface area contributed by atoms with Crippen molar-refractivity contribution in [3.63, 3.8) is 0 Å². The largest absolute Gasteiger partial charge is 0.339 e. The molecule has 3 unspecified atom stereocenters. The number of piperazine rings is 1. The lowest BCUT2D eigenvalue weighted by atomic mass is 9.85. The highest BCUT2D eigenvalue weighted by Gasteiger charge is 2.27. The van der Waals surface area contributed by atoms with Gasteiger partial charge in [0.05, 0.1) is 6.04 Å². The molecule has 0 amide bonds. The van der Waals surface area contributed by atoms with Crippen LogP contribution in [-0.2, 0) is 6.42 Å². The van der Waals surface area contributed by atoms with Crippen LogP contribution in [0.1, 0.15) is 37.5 Å². The zero-order valence-corrected chi connectivity index (χ0v) is 15.6. The van der Waals surface area contributed by atoms with Crippen LogP contribution in [0.3, 0.4) is 0 Å². The molecule has 0 aromatic carbocycles. The highest BCUT2D eigenvalue weighted by molar-refractivity contribution is 5.85. The van der Waals surface area contributed by atoms with E-state index in [2.05, 4.69) is 39.6 Å². The summed E-state index contributed by atoms with van der Waals surface area (Å²) in [7, 11) is 2.12. The molecular formula is C15H29Cl2N5O. The van der Waals surface area contributed by atoms with Crippen LogP contribution in [-0.4, -0.2) is 54.8 Å². The van der Waals surface area contributed by atoms with Gasteiger partial charge in [-0.2, -0.15) is 4.98 Å². The van der Waals surface area contributed by atoms with Crippen molar-refractivity contribution in [3.05, 3.63) is 11.7 Å². The fourth-order valence-electron chi connectivity index (χ4n) is 3.39. The lowest BCUT2D eigenvalue weighted by molar-refractivity contribution is 0.190. The molecule has 0 radical (unpaired) electrons. The number of aromatic nitrogens is 2. The number of likely N-dealkylation sites (N-methyl/N-ethyl adjacent to an activating group) is 1. The summed E-state index contributed by atoms with van der Waals surface area (Å²) in [4.78, 5) is 6.93. The second-order valence-electron chi connectivity index (χ2n) is 6.53. The normalized spacial score (nSPS) is 26.9. The lowest BCUT2D eigenvalue weighted by Crippen LogP contribution is -2.44. The van der Waals surface area contributed by atoms with E-state index in [1.54, 1.807) is 0 Å². The molecule has 8 heteroatoms. The summed E-state index contributed by atoms with van der Waals surface area (Å²) in [6.45, 7) is 7.54. The van der Waals surface area contributed by atoms with Gasteiger partial charge in [0.1, 0.15) is 0 Å². The van der Waals surface area contributed by atoms with Crippen molar-refractivity contribution >= 4 is 24.8 Å². The Labute approximate surface area is 151 Å². The first kappa shape index (κ1) is 20.6. The summed E-state index contributed by atoms with van der Waals surface area (Å²) in [6, 6.07) is 0.239. The first-order chi connectivity index (χ1) is 10.2. The van der Waals surface area contributed by atoms with Gasteiger partial charge in [0.15, 0.2) is 5.82 Å². The molecule has 1 aromatic rings. The Morgan fingerprint density at radius 3 is 2.74 bits per heavy atom. The molecular weight excluding hydrogens is 337 g/mol. The van der Waals surface area contributed by atoms with Crippen LogP contribution in [0.2, 0.25) is 0 Å². The summed E-state index contributed by atoms with van der Waals surface area (Å²) in [5.41, 5.74) is 0. The van der Waals surface area contributed by atoms with Crippen molar-refractivity contribution in [1.29, 1.82) is 0 Å². The third-order valence-corrected chi connectivity index (χ3v) is 4.93. The molecule has 0 aliphatic carbocycles. The van der Waals surface area contributed by atoms with Gasteiger partial charge in [-0.25, -0.2) is 0 Å². The predicted molar refractivity (Wildman–Crippen MR) is 95.5 cm³/mol. The molecule has 1 aromatic heterocycles. The van der Waals surface area contributed by atoms with Crippen LogP contribution in [0.15, 0.2) is 4.52 Å². The number of hydrogen-bond donors (Lipinski definition) is 2. The zero-order chi connectivity index (χ0) is 14.7. The average molecular weight is 366 g/mol. The van der Waals surface area contributed by atoms with Crippen molar-refractivity contribution < 1.29 is 4.52 Å². The molecule has 3 atom stereocenters. The Morgan fingerprint density at radius 1 is 1.26 bits per heavy atom. The Bertz CT molecular complexity index is 453. The van der Waals surface area contributed by atoms with E-state index in [1.165, 1.54) is 12.8 Å². The van der Waals surface area contributed by atoms with E-state index in [0.29, 0.717) is 5.92 Å². The Balaban J connectivity index is 0.00000132. The standard InChI is InChI=1S/C15H27N5O.2ClH/c1-11(12-4-3-5-16-9-12)8-14-18-15(19-21-14)13-10-17-6-7-20(13)2;;/h11-13,16-17H,3-10H2,1-2H3;2*1H. The first-order valence-electron chi connectivity index (χ1n) is 8.18. The molecule has 6 nitrogen and oxygen atoms in total. The van der Waals surface area contributed by atoms with Gasteiger partial charge < -0.3 is 15.2 Å².